The number of aryl methyl sites for hydroxylation is 2. The lowest BCUT2D eigenvalue weighted by atomic mass is 10.1. The molecular weight excluding hydrogens is 369 g/mol. The highest BCUT2D eigenvalue weighted by Gasteiger charge is 2.17. The summed E-state index contributed by atoms with van der Waals surface area (Å²) < 4.78 is 20.5. The summed E-state index contributed by atoms with van der Waals surface area (Å²) in [6.07, 6.45) is 2.00. The lowest BCUT2D eigenvalue weighted by Crippen LogP contribution is -2.18. The average Bonchev–Trinajstić information content (AvgIpc) is 3.04. The van der Waals surface area contributed by atoms with Crippen molar-refractivity contribution in [3.63, 3.8) is 0 Å². The molecule has 1 N–H and O–H groups in total. The van der Waals surface area contributed by atoms with Gasteiger partial charge in [0.05, 0.1) is 18.7 Å². The number of thioether (sulfide) groups is 1. The zero-order valence-corrected chi connectivity index (χ0v) is 16.4. The van der Waals surface area contributed by atoms with Crippen molar-refractivity contribution in [2.45, 2.75) is 32.3 Å². The fraction of sp³-hybridized carbons (Fsp3) is 0.333. The number of benzene rings is 1. The third-order valence-corrected chi connectivity index (χ3v) is 4.61. The van der Waals surface area contributed by atoms with Crippen LogP contribution in [0.4, 0.5) is 10.1 Å². The van der Waals surface area contributed by atoms with Crippen molar-refractivity contribution in [3.05, 3.63) is 41.0 Å². The molecule has 27 heavy (non-hydrogen) atoms. The molecule has 9 heteroatoms. The average molecular weight is 389 g/mol. The SMILES string of the molecule is CCOc1cc(F)ccc1NC(=O)Cc1c(C)nc2nc(SC)nn2c1C. The number of carbonyl (C=O) groups is 1. The number of hydrogen-bond acceptors (Lipinski definition) is 6. The Hall–Kier alpha value is -2.68. The predicted molar refractivity (Wildman–Crippen MR) is 102 cm³/mol. The Bertz CT molecular complexity index is 1010. The Balaban J connectivity index is 1.86. The van der Waals surface area contributed by atoms with Crippen LogP contribution in [0.2, 0.25) is 0 Å². The number of amides is 1. The van der Waals surface area contributed by atoms with Crippen molar-refractivity contribution in [2.75, 3.05) is 18.2 Å². The van der Waals surface area contributed by atoms with Crippen LogP contribution in [0.3, 0.4) is 0 Å². The highest BCUT2D eigenvalue weighted by atomic mass is 32.2. The molecule has 0 radical (unpaired) electrons. The van der Waals surface area contributed by atoms with Crippen molar-refractivity contribution >= 4 is 29.1 Å². The minimum atomic E-state index is -0.423. The van der Waals surface area contributed by atoms with Crippen LogP contribution in [0.25, 0.3) is 5.78 Å². The summed E-state index contributed by atoms with van der Waals surface area (Å²) in [4.78, 5) is 21.4. The third kappa shape index (κ3) is 4.02. The standard InChI is InChI=1S/C18H20FN5O2S/c1-5-26-15-8-12(19)6-7-14(15)21-16(25)9-13-10(2)20-17-22-18(27-4)23-24(17)11(13)3/h6-8H,5,9H2,1-4H3,(H,21,25). The minimum Gasteiger partial charge on any atom is -0.492 e. The second-order valence-electron chi connectivity index (χ2n) is 5.87. The van der Waals surface area contributed by atoms with E-state index in [9.17, 15) is 9.18 Å². The number of rotatable bonds is 6. The van der Waals surface area contributed by atoms with Crippen molar-refractivity contribution in [2.24, 2.45) is 0 Å². The number of nitrogens with zero attached hydrogens (tertiary/aromatic N) is 4. The highest BCUT2D eigenvalue weighted by Crippen LogP contribution is 2.26. The fourth-order valence-electron chi connectivity index (χ4n) is 2.76. The summed E-state index contributed by atoms with van der Waals surface area (Å²) in [6.45, 7) is 5.89. The number of carbonyl (C=O) groups excluding carboxylic acids is 1. The van der Waals surface area contributed by atoms with Crippen LogP contribution in [0.1, 0.15) is 23.9 Å². The summed E-state index contributed by atoms with van der Waals surface area (Å²) in [5, 5.41) is 7.79. The summed E-state index contributed by atoms with van der Waals surface area (Å²) in [5.74, 6) is 0.137. The Morgan fingerprint density at radius 3 is 2.81 bits per heavy atom. The van der Waals surface area contributed by atoms with Crippen LogP contribution in [0, 0.1) is 19.7 Å². The maximum absolute atomic E-state index is 13.4. The molecule has 2 aromatic heterocycles. The van der Waals surface area contributed by atoms with Gasteiger partial charge in [-0.05, 0) is 39.2 Å². The fourth-order valence-corrected chi connectivity index (χ4v) is 3.10. The summed E-state index contributed by atoms with van der Waals surface area (Å²) in [5.41, 5.74) is 2.74. The molecule has 0 bridgehead atoms. The molecule has 0 spiro atoms. The first-order valence-corrected chi connectivity index (χ1v) is 9.64. The van der Waals surface area contributed by atoms with Gasteiger partial charge in [0.1, 0.15) is 11.6 Å². The first-order chi connectivity index (χ1) is 12.9. The van der Waals surface area contributed by atoms with E-state index in [0.717, 1.165) is 17.0 Å². The van der Waals surface area contributed by atoms with Gasteiger partial charge in [-0.3, -0.25) is 4.79 Å². The van der Waals surface area contributed by atoms with Gasteiger partial charge >= 0.3 is 0 Å². The lowest BCUT2D eigenvalue weighted by molar-refractivity contribution is -0.115. The van der Waals surface area contributed by atoms with Crippen LogP contribution in [-0.2, 0) is 11.2 Å². The number of anilines is 1. The van der Waals surface area contributed by atoms with Gasteiger partial charge < -0.3 is 10.1 Å². The molecule has 3 rings (SSSR count). The molecule has 0 unspecified atom stereocenters. The van der Waals surface area contributed by atoms with Gasteiger partial charge in [-0.25, -0.2) is 13.9 Å². The van der Waals surface area contributed by atoms with Crippen molar-refractivity contribution < 1.29 is 13.9 Å². The van der Waals surface area contributed by atoms with E-state index in [1.807, 2.05) is 20.1 Å². The summed E-state index contributed by atoms with van der Waals surface area (Å²) in [6, 6.07) is 4.02. The van der Waals surface area contributed by atoms with Crippen molar-refractivity contribution in [3.8, 4) is 5.75 Å². The van der Waals surface area contributed by atoms with Crippen LogP contribution in [-0.4, -0.2) is 38.4 Å². The van der Waals surface area contributed by atoms with E-state index >= 15 is 0 Å². The second-order valence-corrected chi connectivity index (χ2v) is 6.64. The molecule has 0 saturated heterocycles. The van der Waals surface area contributed by atoms with Crippen molar-refractivity contribution in [1.82, 2.24) is 19.6 Å². The Kier molecular flexibility index (Phi) is 5.59. The topological polar surface area (TPSA) is 81.4 Å². The van der Waals surface area contributed by atoms with Gasteiger partial charge in [0.15, 0.2) is 0 Å². The van der Waals surface area contributed by atoms with Gasteiger partial charge in [-0.15, -0.1) is 5.10 Å². The Labute approximate surface area is 160 Å². The minimum absolute atomic E-state index is 0.109. The molecule has 0 aliphatic heterocycles. The Morgan fingerprint density at radius 1 is 1.33 bits per heavy atom. The molecule has 7 nitrogen and oxygen atoms in total. The summed E-state index contributed by atoms with van der Waals surface area (Å²) in [7, 11) is 0. The smallest absolute Gasteiger partial charge is 0.253 e. The molecule has 0 aliphatic carbocycles. The maximum atomic E-state index is 13.4. The maximum Gasteiger partial charge on any atom is 0.253 e. The van der Waals surface area contributed by atoms with Crippen LogP contribution in [0.5, 0.6) is 5.75 Å². The van der Waals surface area contributed by atoms with Gasteiger partial charge in [0.25, 0.3) is 5.78 Å². The highest BCUT2D eigenvalue weighted by molar-refractivity contribution is 7.98. The second kappa shape index (κ2) is 7.91. The van der Waals surface area contributed by atoms with E-state index in [0.29, 0.717) is 29.0 Å². The largest absolute Gasteiger partial charge is 0.492 e. The third-order valence-electron chi connectivity index (χ3n) is 4.07. The first kappa shape index (κ1) is 19.1. The van der Waals surface area contributed by atoms with Crippen LogP contribution < -0.4 is 10.1 Å². The Morgan fingerprint density at radius 2 is 2.11 bits per heavy atom. The summed E-state index contributed by atoms with van der Waals surface area (Å²) >= 11 is 1.43. The molecule has 1 aromatic carbocycles. The quantitative estimate of drug-likeness (QED) is 0.652. The van der Waals surface area contributed by atoms with Crippen LogP contribution in [0.15, 0.2) is 23.4 Å². The number of nitrogens with one attached hydrogen (secondary N) is 1. The molecule has 0 saturated carbocycles. The first-order valence-electron chi connectivity index (χ1n) is 8.42. The molecule has 142 valence electrons. The number of fused-ring (bicyclic) bond motifs is 1. The lowest BCUT2D eigenvalue weighted by Gasteiger charge is -2.13. The number of hydrogen-bond donors (Lipinski definition) is 1. The predicted octanol–water partition coefficient (Wildman–Crippen LogP) is 3.18. The number of halogens is 1. The van der Waals surface area contributed by atoms with Crippen molar-refractivity contribution in [1.29, 1.82) is 0 Å². The van der Waals surface area contributed by atoms with Gasteiger partial charge in [0, 0.05) is 23.0 Å². The molecule has 1 amide bonds. The van der Waals surface area contributed by atoms with Gasteiger partial charge in [0.2, 0.25) is 11.1 Å². The van der Waals surface area contributed by atoms with Gasteiger partial charge in [-0.1, -0.05) is 11.8 Å². The van der Waals surface area contributed by atoms with E-state index in [4.69, 9.17) is 4.74 Å². The number of aromatic nitrogens is 4. The van der Waals surface area contributed by atoms with E-state index in [2.05, 4.69) is 20.4 Å². The van der Waals surface area contributed by atoms with Crippen LogP contribution >= 0.6 is 11.8 Å². The molecule has 0 aliphatic rings. The van der Waals surface area contributed by atoms with E-state index in [1.54, 1.807) is 11.4 Å². The van der Waals surface area contributed by atoms with E-state index in [-0.39, 0.29) is 12.3 Å². The number of ether oxygens (including phenoxy) is 1. The molecular formula is C18H20FN5O2S. The van der Waals surface area contributed by atoms with Gasteiger partial charge in [-0.2, -0.15) is 4.98 Å². The normalized spacial score (nSPS) is 11.0. The monoisotopic (exact) mass is 389 g/mol. The molecule has 2 heterocycles. The molecule has 0 atom stereocenters. The molecule has 3 aromatic rings. The zero-order chi connectivity index (χ0) is 19.6. The molecule has 0 fully saturated rings. The van der Waals surface area contributed by atoms with E-state index in [1.165, 1.54) is 30.0 Å². The van der Waals surface area contributed by atoms with E-state index < -0.39 is 5.82 Å². The zero-order valence-electron chi connectivity index (χ0n) is 15.5.